The molecule has 0 fully saturated rings. The summed E-state index contributed by atoms with van der Waals surface area (Å²) in [6.07, 6.45) is 28.0. The van der Waals surface area contributed by atoms with Crippen LogP contribution in [0.15, 0.2) is 0 Å². The second kappa shape index (κ2) is 31.5. The van der Waals surface area contributed by atoms with Crippen LogP contribution >= 0.6 is 0 Å². The van der Waals surface area contributed by atoms with E-state index in [2.05, 4.69) is 24.5 Å². The quantitative estimate of drug-likeness (QED) is 0.0399. The molecule has 0 unspecified atom stereocenters. The fourth-order valence-corrected chi connectivity index (χ4v) is 5.85. The van der Waals surface area contributed by atoms with Gasteiger partial charge in [-0.2, -0.15) is 0 Å². The van der Waals surface area contributed by atoms with Gasteiger partial charge in [-0.1, -0.05) is 142 Å². The molecular formula is C40H80N4O6+2. The summed E-state index contributed by atoms with van der Waals surface area (Å²) in [5.74, 6) is -0.683. The maximum absolute atomic E-state index is 12.7. The third kappa shape index (κ3) is 28.5. The molecule has 0 saturated carbocycles. The van der Waals surface area contributed by atoms with Crippen molar-refractivity contribution < 1.29 is 37.6 Å². The first-order valence-electron chi connectivity index (χ1n) is 20.5. The molecule has 0 atom stereocenters. The van der Waals surface area contributed by atoms with E-state index in [1.54, 1.807) is 28.2 Å². The normalized spacial score (nSPS) is 11.7. The highest BCUT2D eigenvalue weighted by atomic mass is 16.5. The summed E-state index contributed by atoms with van der Waals surface area (Å²) in [6.45, 7) is 6.40. The van der Waals surface area contributed by atoms with Crippen molar-refractivity contribution in [2.24, 2.45) is 0 Å². The van der Waals surface area contributed by atoms with Gasteiger partial charge in [-0.15, -0.1) is 0 Å². The number of hydrogen-bond donors (Lipinski definition) is 2. The van der Waals surface area contributed by atoms with E-state index < -0.39 is 0 Å². The van der Waals surface area contributed by atoms with Crippen LogP contribution in [0, 0.1) is 0 Å². The van der Waals surface area contributed by atoms with Crippen LogP contribution in [0.2, 0.25) is 0 Å². The van der Waals surface area contributed by atoms with Gasteiger partial charge in [0.1, 0.15) is 0 Å². The Labute approximate surface area is 307 Å². The SMILES string of the molecule is CCCCCCCCCCCCOC(=O)C[N+](C)(C)C(=O)NCCCCCCNC(=O)[N+](C)(C)CC(=O)OCCCCCCCCCCCC. The van der Waals surface area contributed by atoms with E-state index in [1.807, 2.05) is 0 Å². The van der Waals surface area contributed by atoms with E-state index in [9.17, 15) is 19.2 Å². The Morgan fingerprint density at radius 3 is 0.960 bits per heavy atom. The molecule has 0 aromatic rings. The average Bonchev–Trinajstić information content (AvgIpc) is 3.06. The highest BCUT2D eigenvalue weighted by molar-refractivity contribution is 5.75. The second-order valence-electron chi connectivity index (χ2n) is 15.4. The van der Waals surface area contributed by atoms with Gasteiger partial charge in [0, 0.05) is 13.1 Å². The molecule has 0 bridgehead atoms. The molecule has 4 amide bonds. The van der Waals surface area contributed by atoms with Crippen molar-refractivity contribution in [2.75, 3.05) is 67.6 Å². The third-order valence-corrected chi connectivity index (χ3v) is 9.33. The molecule has 0 aromatic heterocycles. The predicted octanol–water partition coefficient (Wildman–Crippen LogP) is 9.05. The average molecular weight is 713 g/mol. The number of urea groups is 2. The standard InChI is InChI=1S/C40H78N4O6/c1-7-9-11-13-15-17-19-21-25-29-33-49-37(45)35-43(3,4)39(47)41-31-27-23-24-28-32-42-40(48)44(5,6)36-38(46)50-34-30-26-22-20-18-16-14-12-10-8-2/h7-36H2,1-6H3/p+2. The summed E-state index contributed by atoms with van der Waals surface area (Å²) < 4.78 is 10.6. The first-order chi connectivity index (χ1) is 24.0. The van der Waals surface area contributed by atoms with Crippen LogP contribution in [0.1, 0.15) is 168 Å². The van der Waals surface area contributed by atoms with Crippen molar-refractivity contribution in [3.05, 3.63) is 0 Å². The summed E-state index contributed by atoms with van der Waals surface area (Å²) in [6, 6.07) is -0.398. The number of carbonyl (C=O) groups is 4. The molecule has 0 spiro atoms. The van der Waals surface area contributed by atoms with Crippen LogP contribution < -0.4 is 10.6 Å². The summed E-state index contributed by atoms with van der Waals surface area (Å²) >= 11 is 0. The van der Waals surface area contributed by atoms with Crippen LogP contribution in [-0.4, -0.2) is 101 Å². The smallest absolute Gasteiger partial charge is 0.416 e. The number of nitrogens with one attached hydrogen (secondary N) is 2. The van der Waals surface area contributed by atoms with Crippen molar-refractivity contribution in [1.82, 2.24) is 10.6 Å². The van der Waals surface area contributed by atoms with Gasteiger partial charge in [-0.25, -0.2) is 28.1 Å². The van der Waals surface area contributed by atoms with Gasteiger partial charge in [0.05, 0.1) is 41.4 Å². The lowest BCUT2D eigenvalue weighted by Crippen LogP contribution is -2.54. The fourth-order valence-electron chi connectivity index (χ4n) is 5.85. The van der Waals surface area contributed by atoms with E-state index in [-0.39, 0.29) is 46.1 Å². The van der Waals surface area contributed by atoms with Crippen molar-refractivity contribution in [2.45, 2.75) is 168 Å². The molecule has 0 saturated heterocycles. The van der Waals surface area contributed by atoms with Gasteiger partial charge in [0.25, 0.3) is 0 Å². The van der Waals surface area contributed by atoms with Crippen LogP contribution in [0.5, 0.6) is 0 Å². The minimum absolute atomic E-state index is 0.00915. The first-order valence-corrected chi connectivity index (χ1v) is 20.5. The maximum atomic E-state index is 12.7. The molecule has 50 heavy (non-hydrogen) atoms. The Morgan fingerprint density at radius 1 is 0.400 bits per heavy atom. The van der Waals surface area contributed by atoms with E-state index >= 15 is 0 Å². The van der Waals surface area contributed by atoms with E-state index in [0.29, 0.717) is 26.3 Å². The fraction of sp³-hybridized carbons (Fsp3) is 0.900. The number of likely N-dealkylation sites (N-methyl/N-ethyl adjacent to an activating group) is 2. The zero-order chi connectivity index (χ0) is 37.4. The number of esters is 2. The van der Waals surface area contributed by atoms with Gasteiger partial charge in [0.2, 0.25) is 0 Å². The Bertz CT molecular complexity index is 810. The van der Waals surface area contributed by atoms with Crippen LogP contribution in [0.25, 0.3) is 0 Å². The van der Waals surface area contributed by atoms with Gasteiger partial charge in [-0.3, -0.25) is 0 Å². The predicted molar refractivity (Wildman–Crippen MR) is 205 cm³/mol. The Balaban J connectivity index is 3.86. The molecule has 2 N–H and O–H groups in total. The Kier molecular flexibility index (Phi) is 30.1. The molecule has 0 aliphatic heterocycles. The molecule has 0 radical (unpaired) electrons. The molecule has 0 aromatic carbocycles. The topological polar surface area (TPSA) is 111 Å². The summed E-state index contributed by atoms with van der Waals surface area (Å²) in [5, 5.41) is 5.87. The molecule has 0 rings (SSSR count). The van der Waals surface area contributed by atoms with Gasteiger partial charge < -0.3 is 20.1 Å². The van der Waals surface area contributed by atoms with Crippen LogP contribution in [0.4, 0.5) is 9.59 Å². The van der Waals surface area contributed by atoms with Gasteiger partial charge >= 0.3 is 24.0 Å². The number of hydrogen-bond acceptors (Lipinski definition) is 6. The summed E-state index contributed by atoms with van der Waals surface area (Å²) in [7, 11) is 6.88. The molecule has 10 heteroatoms. The lowest BCUT2D eigenvalue weighted by Gasteiger charge is -2.25. The highest BCUT2D eigenvalue weighted by Crippen LogP contribution is 2.12. The largest absolute Gasteiger partial charge is 0.462 e. The number of carbonyl (C=O) groups excluding carboxylic acids is 4. The van der Waals surface area contributed by atoms with E-state index in [1.165, 1.54) is 103 Å². The first kappa shape index (κ1) is 47.8. The minimum atomic E-state index is -0.342. The lowest BCUT2D eigenvalue weighted by molar-refractivity contribution is -0.801. The minimum Gasteiger partial charge on any atom is -0.462 e. The lowest BCUT2D eigenvalue weighted by atomic mass is 10.1. The van der Waals surface area contributed by atoms with Gasteiger partial charge in [-0.05, 0) is 25.7 Å². The molecule has 294 valence electrons. The van der Waals surface area contributed by atoms with Crippen molar-refractivity contribution in [3.8, 4) is 0 Å². The number of ether oxygens (including phenoxy) is 2. The van der Waals surface area contributed by atoms with Crippen LogP contribution in [-0.2, 0) is 19.1 Å². The molecule has 10 nitrogen and oxygen atoms in total. The molecule has 0 aliphatic carbocycles. The van der Waals surface area contributed by atoms with Crippen molar-refractivity contribution in [1.29, 1.82) is 0 Å². The highest BCUT2D eigenvalue weighted by Gasteiger charge is 2.31. The van der Waals surface area contributed by atoms with Gasteiger partial charge in [0.15, 0.2) is 13.1 Å². The van der Waals surface area contributed by atoms with Crippen molar-refractivity contribution >= 4 is 24.0 Å². The zero-order valence-corrected chi connectivity index (χ0v) is 33.6. The Hall–Kier alpha value is -2.20. The number of nitrogens with zero attached hydrogens (tertiary/aromatic N) is 2. The zero-order valence-electron chi connectivity index (χ0n) is 33.6. The molecular weight excluding hydrogens is 632 g/mol. The maximum Gasteiger partial charge on any atom is 0.416 e. The number of unbranched alkanes of at least 4 members (excludes halogenated alkanes) is 21. The second-order valence-corrected chi connectivity index (χ2v) is 15.4. The number of quaternary nitrogens is 2. The monoisotopic (exact) mass is 713 g/mol. The van der Waals surface area contributed by atoms with Crippen LogP contribution in [0.3, 0.4) is 0 Å². The van der Waals surface area contributed by atoms with Crippen molar-refractivity contribution in [3.63, 3.8) is 0 Å². The summed E-state index contributed by atoms with van der Waals surface area (Å²) in [5.41, 5.74) is 0. The van der Waals surface area contributed by atoms with E-state index in [0.717, 1.165) is 51.4 Å². The van der Waals surface area contributed by atoms with E-state index in [4.69, 9.17) is 9.47 Å². The number of rotatable bonds is 33. The third-order valence-electron chi connectivity index (χ3n) is 9.33. The molecule has 0 aliphatic rings. The summed E-state index contributed by atoms with van der Waals surface area (Å²) in [4.78, 5) is 50.0. The molecule has 0 heterocycles. The number of amides is 4. The Morgan fingerprint density at radius 2 is 0.660 bits per heavy atom.